The van der Waals surface area contributed by atoms with Gasteiger partial charge < -0.3 is 10.6 Å². The molecular formula is C13H16N4. The van der Waals surface area contributed by atoms with E-state index in [2.05, 4.69) is 21.8 Å². The fraction of sp³-hybridized carbons (Fsp3) is 0.231. The van der Waals surface area contributed by atoms with Gasteiger partial charge in [-0.15, -0.1) is 0 Å². The molecule has 0 amide bonds. The average Bonchev–Trinajstić information content (AvgIpc) is 2.38. The lowest BCUT2D eigenvalue weighted by Crippen LogP contribution is -2.24. The molecule has 0 aliphatic rings. The SMILES string of the molecule is CCN(Cc1ccncc1)c1ncccc1N. The molecule has 0 bridgehead atoms. The molecule has 0 aromatic carbocycles. The highest BCUT2D eigenvalue weighted by Crippen LogP contribution is 2.20. The minimum Gasteiger partial charge on any atom is -0.396 e. The van der Waals surface area contributed by atoms with E-state index in [9.17, 15) is 0 Å². The molecule has 88 valence electrons. The van der Waals surface area contributed by atoms with Crippen LogP contribution in [0.1, 0.15) is 12.5 Å². The van der Waals surface area contributed by atoms with Crippen molar-refractivity contribution in [3.8, 4) is 0 Å². The first-order valence-corrected chi connectivity index (χ1v) is 5.65. The van der Waals surface area contributed by atoms with E-state index in [1.54, 1.807) is 18.6 Å². The van der Waals surface area contributed by atoms with Gasteiger partial charge in [-0.3, -0.25) is 4.98 Å². The minimum absolute atomic E-state index is 0.711. The summed E-state index contributed by atoms with van der Waals surface area (Å²) in [5.74, 6) is 0.840. The molecule has 17 heavy (non-hydrogen) atoms. The Balaban J connectivity index is 2.21. The lowest BCUT2D eigenvalue weighted by Gasteiger charge is -2.23. The first-order valence-electron chi connectivity index (χ1n) is 5.65. The van der Waals surface area contributed by atoms with Gasteiger partial charge in [0.05, 0.1) is 5.69 Å². The smallest absolute Gasteiger partial charge is 0.152 e. The molecule has 4 nitrogen and oxygen atoms in total. The van der Waals surface area contributed by atoms with Gasteiger partial charge in [0.1, 0.15) is 0 Å². The quantitative estimate of drug-likeness (QED) is 0.870. The number of hydrogen-bond donors (Lipinski definition) is 1. The third-order valence-corrected chi connectivity index (χ3v) is 2.62. The highest BCUT2D eigenvalue weighted by atomic mass is 15.2. The Bertz CT molecular complexity index is 470. The summed E-state index contributed by atoms with van der Waals surface area (Å²) in [6, 6.07) is 7.72. The van der Waals surface area contributed by atoms with E-state index in [-0.39, 0.29) is 0 Å². The Labute approximate surface area is 101 Å². The predicted molar refractivity (Wildman–Crippen MR) is 69.6 cm³/mol. The monoisotopic (exact) mass is 228 g/mol. The van der Waals surface area contributed by atoms with E-state index in [1.807, 2.05) is 24.3 Å². The second kappa shape index (κ2) is 5.30. The fourth-order valence-electron chi connectivity index (χ4n) is 1.72. The van der Waals surface area contributed by atoms with Crippen LogP contribution in [0.4, 0.5) is 11.5 Å². The normalized spacial score (nSPS) is 10.2. The molecule has 0 unspecified atom stereocenters. The highest BCUT2D eigenvalue weighted by Gasteiger charge is 2.09. The van der Waals surface area contributed by atoms with Crippen molar-refractivity contribution in [3.63, 3.8) is 0 Å². The van der Waals surface area contributed by atoms with Gasteiger partial charge in [0, 0.05) is 31.7 Å². The molecule has 0 radical (unpaired) electrons. The average molecular weight is 228 g/mol. The third-order valence-electron chi connectivity index (χ3n) is 2.62. The van der Waals surface area contributed by atoms with Gasteiger partial charge in [0.25, 0.3) is 0 Å². The van der Waals surface area contributed by atoms with Crippen LogP contribution in [0.15, 0.2) is 42.9 Å². The van der Waals surface area contributed by atoms with E-state index in [0.717, 1.165) is 18.9 Å². The molecule has 0 aliphatic heterocycles. The largest absolute Gasteiger partial charge is 0.396 e. The maximum Gasteiger partial charge on any atom is 0.152 e. The number of aromatic nitrogens is 2. The van der Waals surface area contributed by atoms with Crippen molar-refractivity contribution in [3.05, 3.63) is 48.4 Å². The molecule has 4 heteroatoms. The summed E-state index contributed by atoms with van der Waals surface area (Å²) in [6.45, 7) is 3.75. The van der Waals surface area contributed by atoms with Gasteiger partial charge in [-0.1, -0.05) is 0 Å². The Morgan fingerprint density at radius 1 is 1.18 bits per heavy atom. The topological polar surface area (TPSA) is 55.0 Å². The van der Waals surface area contributed by atoms with Crippen molar-refractivity contribution in [2.75, 3.05) is 17.2 Å². The Hall–Kier alpha value is -2.10. The first-order chi connectivity index (χ1) is 8.31. The molecule has 0 saturated carbocycles. The zero-order chi connectivity index (χ0) is 12.1. The minimum atomic E-state index is 0.711. The van der Waals surface area contributed by atoms with E-state index in [1.165, 1.54) is 5.56 Å². The molecule has 0 spiro atoms. The molecular weight excluding hydrogens is 212 g/mol. The maximum absolute atomic E-state index is 5.93. The third kappa shape index (κ3) is 2.72. The van der Waals surface area contributed by atoms with E-state index in [4.69, 9.17) is 5.73 Å². The van der Waals surface area contributed by atoms with Crippen LogP contribution < -0.4 is 10.6 Å². The number of pyridine rings is 2. The van der Waals surface area contributed by atoms with Crippen LogP contribution >= 0.6 is 0 Å². The van der Waals surface area contributed by atoms with Crippen LogP contribution in [-0.2, 0) is 6.54 Å². The molecule has 2 N–H and O–H groups in total. The van der Waals surface area contributed by atoms with Gasteiger partial charge in [0.2, 0.25) is 0 Å². The number of nitrogen functional groups attached to an aromatic ring is 1. The van der Waals surface area contributed by atoms with Crippen molar-refractivity contribution >= 4 is 11.5 Å². The maximum atomic E-state index is 5.93. The van der Waals surface area contributed by atoms with Crippen LogP contribution in [-0.4, -0.2) is 16.5 Å². The van der Waals surface area contributed by atoms with Gasteiger partial charge in [-0.2, -0.15) is 0 Å². The molecule has 2 aromatic heterocycles. The van der Waals surface area contributed by atoms with Gasteiger partial charge in [-0.05, 0) is 36.8 Å². The van der Waals surface area contributed by atoms with E-state index in [0.29, 0.717) is 5.69 Å². The van der Waals surface area contributed by atoms with Crippen molar-refractivity contribution in [1.82, 2.24) is 9.97 Å². The Morgan fingerprint density at radius 3 is 2.59 bits per heavy atom. The molecule has 0 saturated heterocycles. The lowest BCUT2D eigenvalue weighted by molar-refractivity contribution is 0.814. The molecule has 2 rings (SSSR count). The van der Waals surface area contributed by atoms with Crippen molar-refractivity contribution < 1.29 is 0 Å². The zero-order valence-corrected chi connectivity index (χ0v) is 9.87. The van der Waals surface area contributed by atoms with Crippen LogP contribution in [0, 0.1) is 0 Å². The van der Waals surface area contributed by atoms with Crippen molar-refractivity contribution in [1.29, 1.82) is 0 Å². The molecule has 0 fully saturated rings. The summed E-state index contributed by atoms with van der Waals surface area (Å²) in [6.07, 6.45) is 5.36. The molecule has 2 aromatic rings. The zero-order valence-electron chi connectivity index (χ0n) is 9.87. The molecule has 2 heterocycles. The number of nitrogens with two attached hydrogens (primary N) is 1. The summed E-state index contributed by atoms with van der Waals surface area (Å²) < 4.78 is 0. The first kappa shape index (κ1) is 11.4. The molecule has 0 aliphatic carbocycles. The highest BCUT2D eigenvalue weighted by molar-refractivity contribution is 5.62. The fourth-order valence-corrected chi connectivity index (χ4v) is 1.72. The van der Waals surface area contributed by atoms with Crippen LogP contribution in [0.3, 0.4) is 0 Å². The van der Waals surface area contributed by atoms with E-state index >= 15 is 0 Å². The van der Waals surface area contributed by atoms with Crippen LogP contribution in [0.2, 0.25) is 0 Å². The predicted octanol–water partition coefficient (Wildman–Crippen LogP) is 2.09. The molecule has 0 atom stereocenters. The summed E-state index contributed by atoms with van der Waals surface area (Å²) in [5.41, 5.74) is 7.85. The second-order valence-corrected chi connectivity index (χ2v) is 3.79. The summed E-state index contributed by atoms with van der Waals surface area (Å²) >= 11 is 0. The standard InChI is InChI=1S/C13H16N4/c1-2-17(10-11-5-8-15-9-6-11)13-12(14)4-3-7-16-13/h3-9H,2,10,14H2,1H3. The van der Waals surface area contributed by atoms with E-state index < -0.39 is 0 Å². The van der Waals surface area contributed by atoms with Gasteiger partial charge >= 0.3 is 0 Å². The van der Waals surface area contributed by atoms with Crippen molar-refractivity contribution in [2.45, 2.75) is 13.5 Å². The van der Waals surface area contributed by atoms with Crippen molar-refractivity contribution in [2.24, 2.45) is 0 Å². The summed E-state index contributed by atoms with van der Waals surface area (Å²) in [5, 5.41) is 0. The Morgan fingerprint density at radius 2 is 1.94 bits per heavy atom. The van der Waals surface area contributed by atoms with Crippen LogP contribution in [0.25, 0.3) is 0 Å². The van der Waals surface area contributed by atoms with Gasteiger partial charge in [0.15, 0.2) is 5.82 Å². The lowest BCUT2D eigenvalue weighted by atomic mass is 10.2. The number of anilines is 2. The second-order valence-electron chi connectivity index (χ2n) is 3.79. The summed E-state index contributed by atoms with van der Waals surface area (Å²) in [7, 11) is 0. The van der Waals surface area contributed by atoms with Gasteiger partial charge in [-0.25, -0.2) is 4.98 Å². The number of rotatable bonds is 4. The number of nitrogens with zero attached hydrogens (tertiary/aromatic N) is 3. The Kier molecular flexibility index (Phi) is 3.55. The van der Waals surface area contributed by atoms with Crippen LogP contribution in [0.5, 0.6) is 0 Å². The summed E-state index contributed by atoms with van der Waals surface area (Å²) in [4.78, 5) is 10.5. The number of hydrogen-bond acceptors (Lipinski definition) is 4.